The second-order valence-corrected chi connectivity index (χ2v) is 8.62. The number of benzene rings is 1. The first-order valence-corrected chi connectivity index (χ1v) is 8.85. The van der Waals surface area contributed by atoms with Crippen LogP contribution in [-0.2, 0) is 10.0 Å². The lowest BCUT2D eigenvalue weighted by molar-refractivity contribution is 0.101. The molecule has 0 saturated carbocycles. The average molecular weight is 395 g/mol. The Kier molecular flexibility index (Phi) is 4.53. The van der Waals surface area contributed by atoms with Gasteiger partial charge < -0.3 is 0 Å². The molecular formula is C12H9BrClNO3S2. The number of hydrogen-bond acceptors (Lipinski definition) is 4. The summed E-state index contributed by atoms with van der Waals surface area (Å²) in [6, 6.07) is 7.68. The third kappa shape index (κ3) is 3.41. The van der Waals surface area contributed by atoms with Gasteiger partial charge in [-0.25, -0.2) is 8.42 Å². The summed E-state index contributed by atoms with van der Waals surface area (Å²) in [5.41, 5.74) is 0.772. The molecule has 1 aromatic heterocycles. The van der Waals surface area contributed by atoms with Gasteiger partial charge in [-0.05, 0) is 41.1 Å². The summed E-state index contributed by atoms with van der Waals surface area (Å²) in [6.45, 7) is 1.42. The molecular weight excluding hydrogens is 386 g/mol. The van der Waals surface area contributed by atoms with Gasteiger partial charge in [-0.2, -0.15) is 0 Å². The minimum Gasteiger partial charge on any atom is -0.295 e. The number of Topliss-reactive ketones (excluding diaryl/α,β-unsaturated/α-hetero) is 1. The summed E-state index contributed by atoms with van der Waals surface area (Å²) >= 11 is 10.0. The molecule has 2 aromatic rings. The van der Waals surface area contributed by atoms with E-state index < -0.39 is 10.0 Å². The van der Waals surface area contributed by atoms with E-state index in [0.717, 1.165) is 11.3 Å². The van der Waals surface area contributed by atoms with E-state index in [1.807, 2.05) is 0 Å². The van der Waals surface area contributed by atoms with Crippen LogP contribution in [0.15, 0.2) is 38.3 Å². The van der Waals surface area contributed by atoms with Crippen LogP contribution < -0.4 is 4.72 Å². The fraction of sp³-hybridized carbons (Fsp3) is 0.0833. The predicted octanol–water partition coefficient (Wildman–Crippen LogP) is 4.17. The average Bonchev–Trinajstić information content (AvgIpc) is 2.70. The number of ketones is 1. The number of rotatable bonds is 4. The van der Waals surface area contributed by atoms with Crippen LogP contribution in [0.5, 0.6) is 0 Å². The number of carbonyl (C=O) groups is 1. The van der Waals surface area contributed by atoms with Crippen LogP contribution in [-0.4, -0.2) is 14.2 Å². The highest BCUT2D eigenvalue weighted by molar-refractivity contribution is 9.11. The van der Waals surface area contributed by atoms with Crippen LogP contribution in [0.25, 0.3) is 0 Å². The number of anilines is 1. The Balaban J connectivity index is 2.33. The molecule has 0 aliphatic heterocycles. The van der Waals surface area contributed by atoms with E-state index >= 15 is 0 Å². The zero-order chi connectivity index (χ0) is 14.9. The fourth-order valence-corrected chi connectivity index (χ4v) is 4.91. The highest BCUT2D eigenvalue weighted by Gasteiger charge is 2.19. The quantitative estimate of drug-likeness (QED) is 0.792. The second kappa shape index (κ2) is 5.85. The van der Waals surface area contributed by atoms with Gasteiger partial charge in [-0.3, -0.25) is 9.52 Å². The molecule has 8 heteroatoms. The van der Waals surface area contributed by atoms with Crippen LogP contribution >= 0.6 is 38.9 Å². The molecule has 0 spiro atoms. The topological polar surface area (TPSA) is 63.2 Å². The number of hydrogen-bond donors (Lipinski definition) is 1. The van der Waals surface area contributed by atoms with E-state index in [9.17, 15) is 13.2 Å². The van der Waals surface area contributed by atoms with Crippen molar-refractivity contribution >= 4 is 60.4 Å². The fourth-order valence-electron chi connectivity index (χ4n) is 1.47. The zero-order valence-electron chi connectivity index (χ0n) is 10.2. The predicted molar refractivity (Wildman–Crippen MR) is 84.3 cm³/mol. The third-order valence-corrected chi connectivity index (χ3v) is 6.74. The minimum absolute atomic E-state index is 0.0996. The van der Waals surface area contributed by atoms with Crippen LogP contribution in [0.1, 0.15) is 17.3 Å². The Labute approximate surface area is 134 Å². The number of thiophene rings is 1. The Hall–Kier alpha value is -0.890. The van der Waals surface area contributed by atoms with E-state index in [1.165, 1.54) is 19.1 Å². The van der Waals surface area contributed by atoms with Gasteiger partial charge in [-0.1, -0.05) is 23.7 Å². The Bertz CT molecular complexity index is 751. The van der Waals surface area contributed by atoms with E-state index in [2.05, 4.69) is 20.7 Å². The van der Waals surface area contributed by atoms with Crippen LogP contribution in [0, 0.1) is 0 Å². The summed E-state index contributed by atoms with van der Waals surface area (Å²) in [7, 11) is -3.71. The van der Waals surface area contributed by atoms with E-state index in [1.54, 1.807) is 18.2 Å². The molecule has 0 fully saturated rings. The van der Waals surface area contributed by atoms with Crippen LogP contribution in [0.2, 0.25) is 5.02 Å². The summed E-state index contributed by atoms with van der Waals surface area (Å²) in [4.78, 5) is 11.3. The maximum absolute atomic E-state index is 12.2. The lowest BCUT2D eigenvalue weighted by Crippen LogP contribution is -2.11. The summed E-state index contributed by atoms with van der Waals surface area (Å²) in [5.74, 6) is -0.132. The molecule has 4 nitrogen and oxygen atoms in total. The third-order valence-electron chi connectivity index (χ3n) is 2.41. The van der Waals surface area contributed by atoms with Gasteiger partial charge >= 0.3 is 0 Å². The van der Waals surface area contributed by atoms with Crippen molar-refractivity contribution in [3.05, 3.63) is 44.7 Å². The van der Waals surface area contributed by atoms with Gasteiger partial charge in [0.05, 0.1) is 8.81 Å². The second-order valence-electron chi connectivity index (χ2n) is 3.93. The maximum Gasteiger partial charge on any atom is 0.271 e. The molecule has 106 valence electrons. The monoisotopic (exact) mass is 393 g/mol. The van der Waals surface area contributed by atoms with Crippen molar-refractivity contribution in [3.63, 3.8) is 0 Å². The smallest absolute Gasteiger partial charge is 0.271 e. The number of sulfonamides is 1. The molecule has 0 amide bonds. The molecule has 1 heterocycles. The van der Waals surface area contributed by atoms with Gasteiger partial charge in [0.25, 0.3) is 10.0 Å². The molecule has 0 aliphatic rings. The highest BCUT2D eigenvalue weighted by atomic mass is 79.9. The van der Waals surface area contributed by atoms with Crippen molar-refractivity contribution in [2.24, 2.45) is 0 Å². The molecule has 0 atom stereocenters. The molecule has 0 saturated heterocycles. The summed E-state index contributed by atoms with van der Waals surface area (Å²) in [5, 5.41) is 0.341. The van der Waals surface area contributed by atoms with Crippen LogP contribution in [0.3, 0.4) is 0 Å². The van der Waals surface area contributed by atoms with Gasteiger partial charge in [0, 0.05) is 11.3 Å². The van der Waals surface area contributed by atoms with Crippen molar-refractivity contribution in [1.82, 2.24) is 0 Å². The zero-order valence-corrected chi connectivity index (χ0v) is 14.2. The SMILES string of the molecule is CC(=O)c1cccc(NS(=O)(=O)c2cc(Cl)c(Br)s2)c1. The largest absolute Gasteiger partial charge is 0.295 e. The Morgan fingerprint density at radius 2 is 2.05 bits per heavy atom. The van der Waals surface area contributed by atoms with Gasteiger partial charge in [0.1, 0.15) is 4.21 Å². The minimum atomic E-state index is -3.71. The lowest BCUT2D eigenvalue weighted by atomic mass is 10.1. The van der Waals surface area contributed by atoms with Crippen molar-refractivity contribution in [2.45, 2.75) is 11.1 Å². The van der Waals surface area contributed by atoms with Crippen molar-refractivity contribution in [3.8, 4) is 0 Å². The highest BCUT2D eigenvalue weighted by Crippen LogP contribution is 2.35. The lowest BCUT2D eigenvalue weighted by Gasteiger charge is -2.07. The first-order chi connectivity index (χ1) is 9.29. The summed E-state index contributed by atoms with van der Waals surface area (Å²) in [6.07, 6.45) is 0. The van der Waals surface area contributed by atoms with E-state index in [-0.39, 0.29) is 9.99 Å². The molecule has 0 aliphatic carbocycles. The van der Waals surface area contributed by atoms with Crippen molar-refractivity contribution < 1.29 is 13.2 Å². The molecule has 20 heavy (non-hydrogen) atoms. The van der Waals surface area contributed by atoms with Crippen molar-refractivity contribution in [1.29, 1.82) is 0 Å². The first-order valence-electron chi connectivity index (χ1n) is 5.38. The molecule has 1 N–H and O–H groups in total. The van der Waals surface area contributed by atoms with Crippen molar-refractivity contribution in [2.75, 3.05) is 4.72 Å². The first kappa shape index (κ1) is 15.5. The van der Waals surface area contributed by atoms with Gasteiger partial charge in [0.2, 0.25) is 0 Å². The van der Waals surface area contributed by atoms with E-state index in [0.29, 0.717) is 20.1 Å². The normalized spacial score (nSPS) is 11.3. The number of nitrogens with one attached hydrogen (secondary N) is 1. The number of halogens is 2. The molecule has 0 unspecified atom stereocenters. The summed E-state index contributed by atoms with van der Waals surface area (Å²) < 4.78 is 27.4. The van der Waals surface area contributed by atoms with Crippen LogP contribution in [0.4, 0.5) is 5.69 Å². The molecule has 1 aromatic carbocycles. The molecule has 2 rings (SSSR count). The van der Waals surface area contributed by atoms with E-state index in [4.69, 9.17) is 11.6 Å². The number of carbonyl (C=O) groups excluding carboxylic acids is 1. The Morgan fingerprint density at radius 1 is 1.35 bits per heavy atom. The maximum atomic E-state index is 12.2. The van der Waals surface area contributed by atoms with Gasteiger partial charge in [-0.15, -0.1) is 11.3 Å². The molecule has 0 radical (unpaired) electrons. The standard InChI is InChI=1S/C12H9BrClNO3S2/c1-7(16)8-3-2-4-9(5-8)15-20(17,18)11-6-10(14)12(13)19-11/h2-6,15H,1H3. The Morgan fingerprint density at radius 3 is 2.60 bits per heavy atom. The molecule has 0 bridgehead atoms. The van der Waals surface area contributed by atoms with Gasteiger partial charge in [0.15, 0.2) is 5.78 Å².